The monoisotopic (exact) mass is 435 g/mol. The molecule has 3 N–H and O–H groups in total. The summed E-state index contributed by atoms with van der Waals surface area (Å²) in [5.41, 5.74) is 2.34. The van der Waals surface area contributed by atoms with Crippen LogP contribution in [0.4, 0.5) is 0 Å². The van der Waals surface area contributed by atoms with Crippen molar-refractivity contribution in [2.45, 2.75) is 13.5 Å². The van der Waals surface area contributed by atoms with Crippen molar-refractivity contribution in [3.63, 3.8) is 0 Å². The first-order valence-electron chi connectivity index (χ1n) is 9.72. The molecular formula is C22H21N5O3S. The second-order valence-electron chi connectivity index (χ2n) is 6.99. The van der Waals surface area contributed by atoms with E-state index in [4.69, 9.17) is 0 Å². The number of thiophene rings is 1. The molecule has 0 aliphatic heterocycles. The van der Waals surface area contributed by atoms with Gasteiger partial charge in [0.05, 0.1) is 23.7 Å². The number of aromatic nitrogens is 3. The van der Waals surface area contributed by atoms with Crippen LogP contribution in [0.5, 0.6) is 5.75 Å². The molecule has 0 aliphatic carbocycles. The minimum atomic E-state index is -0.272. The first-order chi connectivity index (χ1) is 15.0. The van der Waals surface area contributed by atoms with Gasteiger partial charge in [-0.3, -0.25) is 9.59 Å². The van der Waals surface area contributed by atoms with Crippen LogP contribution in [-0.4, -0.2) is 44.8 Å². The predicted octanol–water partition coefficient (Wildman–Crippen LogP) is 2.71. The Morgan fingerprint density at radius 2 is 1.84 bits per heavy atom. The summed E-state index contributed by atoms with van der Waals surface area (Å²) in [4.78, 5) is 30.6. The summed E-state index contributed by atoms with van der Waals surface area (Å²) >= 11 is 1.64. The Balaban J connectivity index is 1.40. The van der Waals surface area contributed by atoms with E-state index in [1.165, 1.54) is 24.3 Å². The Morgan fingerprint density at radius 1 is 1.10 bits per heavy atom. The molecule has 31 heavy (non-hydrogen) atoms. The Kier molecular flexibility index (Phi) is 5.94. The maximum Gasteiger partial charge on any atom is 0.252 e. The lowest BCUT2D eigenvalue weighted by atomic mass is 10.1. The smallest absolute Gasteiger partial charge is 0.252 e. The van der Waals surface area contributed by atoms with Crippen LogP contribution in [-0.2, 0) is 6.54 Å². The van der Waals surface area contributed by atoms with Crippen LogP contribution in [0.3, 0.4) is 0 Å². The van der Waals surface area contributed by atoms with Crippen LogP contribution in [0.2, 0.25) is 0 Å². The van der Waals surface area contributed by atoms with Crippen molar-refractivity contribution in [2.24, 2.45) is 0 Å². The number of amides is 2. The second-order valence-corrected chi connectivity index (χ2v) is 8.02. The third kappa shape index (κ3) is 4.72. The molecule has 0 aliphatic rings. The highest BCUT2D eigenvalue weighted by molar-refractivity contribution is 7.09. The minimum Gasteiger partial charge on any atom is -0.508 e. The average molecular weight is 436 g/mol. The number of nitrogens with zero attached hydrogens (tertiary/aromatic N) is 3. The molecule has 0 saturated carbocycles. The van der Waals surface area contributed by atoms with Crippen molar-refractivity contribution in [2.75, 3.05) is 13.1 Å². The number of phenols is 1. The quantitative estimate of drug-likeness (QED) is 0.387. The highest BCUT2D eigenvalue weighted by atomic mass is 32.1. The van der Waals surface area contributed by atoms with Gasteiger partial charge in [-0.15, -0.1) is 11.3 Å². The fourth-order valence-electron chi connectivity index (χ4n) is 3.19. The fraction of sp³-hybridized carbons (Fsp3) is 0.182. The fourth-order valence-corrected chi connectivity index (χ4v) is 3.87. The molecule has 0 atom stereocenters. The van der Waals surface area contributed by atoms with Crippen LogP contribution in [0.15, 0.2) is 54.0 Å². The summed E-state index contributed by atoms with van der Waals surface area (Å²) in [5.74, 6) is -0.419. The number of carbonyl (C=O) groups excluding carboxylic acids is 2. The first-order valence-corrected chi connectivity index (χ1v) is 10.6. The zero-order chi connectivity index (χ0) is 21.8. The van der Waals surface area contributed by atoms with Crippen LogP contribution in [0, 0.1) is 6.92 Å². The van der Waals surface area contributed by atoms with Crippen molar-refractivity contribution in [1.82, 2.24) is 25.4 Å². The maximum atomic E-state index is 12.8. The van der Waals surface area contributed by atoms with E-state index in [2.05, 4.69) is 20.7 Å². The van der Waals surface area contributed by atoms with E-state index < -0.39 is 0 Å². The largest absolute Gasteiger partial charge is 0.508 e. The molecule has 9 heteroatoms. The Labute approximate surface area is 182 Å². The standard InChI is InChI=1S/C22H21N5O3S/c1-14-11-18(19-12-25-27(20(19)26-14)13-17-3-2-10-31-17)22(30)24-9-8-23-21(29)15-4-6-16(28)7-5-15/h2-7,10-12,28H,8-9,13H2,1H3,(H,23,29)(H,24,30). The van der Waals surface area contributed by atoms with Crippen LogP contribution >= 0.6 is 11.3 Å². The van der Waals surface area contributed by atoms with E-state index in [1.807, 2.05) is 24.4 Å². The molecule has 2 amide bonds. The Morgan fingerprint density at radius 3 is 2.55 bits per heavy atom. The van der Waals surface area contributed by atoms with Gasteiger partial charge in [0.15, 0.2) is 5.65 Å². The highest BCUT2D eigenvalue weighted by Gasteiger charge is 2.16. The molecule has 4 aromatic rings. The van der Waals surface area contributed by atoms with Crippen LogP contribution < -0.4 is 10.6 Å². The van der Waals surface area contributed by atoms with Gasteiger partial charge in [0.25, 0.3) is 11.8 Å². The van der Waals surface area contributed by atoms with Gasteiger partial charge >= 0.3 is 0 Å². The zero-order valence-corrected chi connectivity index (χ0v) is 17.6. The number of phenolic OH excluding ortho intramolecular Hbond substituents is 1. The third-order valence-electron chi connectivity index (χ3n) is 4.69. The molecule has 0 fully saturated rings. The highest BCUT2D eigenvalue weighted by Crippen LogP contribution is 2.20. The second kappa shape index (κ2) is 8.97. The number of nitrogens with one attached hydrogen (secondary N) is 2. The Hall–Kier alpha value is -3.72. The first kappa shape index (κ1) is 20.5. The zero-order valence-electron chi connectivity index (χ0n) is 16.8. The SMILES string of the molecule is Cc1cc(C(=O)NCCNC(=O)c2ccc(O)cc2)c2cnn(Cc3cccs3)c2n1. The van der Waals surface area contributed by atoms with Crippen molar-refractivity contribution >= 4 is 34.2 Å². The van der Waals surface area contributed by atoms with Gasteiger partial charge < -0.3 is 15.7 Å². The topological polar surface area (TPSA) is 109 Å². The van der Waals surface area contributed by atoms with Gasteiger partial charge in [0, 0.05) is 29.2 Å². The number of aryl methyl sites for hydroxylation is 1. The third-order valence-corrected chi connectivity index (χ3v) is 5.55. The molecule has 8 nitrogen and oxygen atoms in total. The molecule has 0 spiro atoms. The molecule has 0 saturated heterocycles. The number of hydrogen-bond acceptors (Lipinski definition) is 6. The predicted molar refractivity (Wildman–Crippen MR) is 118 cm³/mol. The number of rotatable bonds is 7. The minimum absolute atomic E-state index is 0.0986. The lowest BCUT2D eigenvalue weighted by Crippen LogP contribution is -2.34. The van der Waals surface area contributed by atoms with E-state index in [0.29, 0.717) is 28.7 Å². The average Bonchev–Trinajstić information content (AvgIpc) is 3.41. The number of carbonyl (C=O) groups is 2. The number of aromatic hydroxyl groups is 1. The lowest BCUT2D eigenvalue weighted by Gasteiger charge is -2.09. The summed E-state index contributed by atoms with van der Waals surface area (Å²) in [6, 6.07) is 11.7. The molecule has 0 radical (unpaired) electrons. The van der Waals surface area contributed by atoms with E-state index >= 15 is 0 Å². The van der Waals surface area contributed by atoms with Gasteiger partial charge in [-0.25, -0.2) is 9.67 Å². The van der Waals surface area contributed by atoms with Crippen molar-refractivity contribution in [3.8, 4) is 5.75 Å². The maximum absolute atomic E-state index is 12.8. The van der Waals surface area contributed by atoms with E-state index in [9.17, 15) is 14.7 Å². The number of hydrogen-bond donors (Lipinski definition) is 3. The molecule has 0 unspecified atom stereocenters. The summed E-state index contributed by atoms with van der Waals surface area (Å²) in [7, 11) is 0. The van der Waals surface area contributed by atoms with Gasteiger partial charge in [-0.1, -0.05) is 6.07 Å². The molecule has 1 aromatic carbocycles. The summed E-state index contributed by atoms with van der Waals surface area (Å²) in [6.07, 6.45) is 1.66. The van der Waals surface area contributed by atoms with Crippen molar-refractivity contribution in [1.29, 1.82) is 0 Å². The van der Waals surface area contributed by atoms with E-state index in [0.717, 1.165) is 10.6 Å². The van der Waals surface area contributed by atoms with E-state index in [-0.39, 0.29) is 30.7 Å². The lowest BCUT2D eigenvalue weighted by molar-refractivity contribution is 0.0928. The number of pyridine rings is 1. The van der Waals surface area contributed by atoms with Crippen LogP contribution in [0.25, 0.3) is 11.0 Å². The molecule has 0 bridgehead atoms. The summed E-state index contributed by atoms with van der Waals surface area (Å²) in [5, 5.41) is 22.0. The van der Waals surface area contributed by atoms with Gasteiger partial charge in [0.1, 0.15) is 5.75 Å². The van der Waals surface area contributed by atoms with Crippen molar-refractivity contribution < 1.29 is 14.7 Å². The number of fused-ring (bicyclic) bond motifs is 1. The summed E-state index contributed by atoms with van der Waals surface area (Å²) < 4.78 is 1.79. The Bertz CT molecular complexity index is 1220. The molecular weight excluding hydrogens is 414 g/mol. The van der Waals surface area contributed by atoms with Gasteiger partial charge in [-0.05, 0) is 48.7 Å². The molecule has 158 valence electrons. The van der Waals surface area contributed by atoms with E-state index in [1.54, 1.807) is 28.3 Å². The molecule has 4 rings (SSSR count). The summed E-state index contributed by atoms with van der Waals surface area (Å²) in [6.45, 7) is 2.99. The van der Waals surface area contributed by atoms with Crippen LogP contribution in [0.1, 0.15) is 31.3 Å². The van der Waals surface area contributed by atoms with Gasteiger partial charge in [0.2, 0.25) is 0 Å². The van der Waals surface area contributed by atoms with Crippen molar-refractivity contribution in [3.05, 3.63) is 75.7 Å². The normalized spacial score (nSPS) is 10.9. The van der Waals surface area contributed by atoms with Gasteiger partial charge in [-0.2, -0.15) is 5.10 Å². The molecule has 3 aromatic heterocycles. The number of benzene rings is 1. The molecule has 3 heterocycles.